The van der Waals surface area contributed by atoms with Gasteiger partial charge in [-0.3, -0.25) is 5.32 Å². The molecular weight excluding hydrogens is 311 g/mol. The average Bonchev–Trinajstić information content (AvgIpc) is 2.27. The lowest BCUT2D eigenvalue weighted by molar-refractivity contribution is -0.206. The lowest BCUT2D eigenvalue weighted by Crippen LogP contribution is -2.27. The SMILES string of the molecule is CC(C)(C)OC(=O)Nc1ccc(C(O)C(F)(F)F)cc1Cl. The number of amides is 1. The number of nitrogens with one attached hydrogen (secondary N) is 1. The van der Waals surface area contributed by atoms with Crippen molar-refractivity contribution < 1.29 is 27.8 Å². The molecule has 0 spiro atoms. The van der Waals surface area contributed by atoms with Crippen LogP contribution in [0.4, 0.5) is 23.7 Å². The maximum absolute atomic E-state index is 12.4. The Morgan fingerprint density at radius 2 is 1.90 bits per heavy atom. The van der Waals surface area contributed by atoms with Crippen LogP contribution in [-0.2, 0) is 4.74 Å². The molecule has 0 aliphatic heterocycles. The van der Waals surface area contributed by atoms with E-state index in [0.717, 1.165) is 18.2 Å². The normalized spacial score (nSPS) is 13.7. The van der Waals surface area contributed by atoms with E-state index in [9.17, 15) is 18.0 Å². The van der Waals surface area contributed by atoms with Gasteiger partial charge in [0.25, 0.3) is 0 Å². The summed E-state index contributed by atoms with van der Waals surface area (Å²) in [5.74, 6) is 0. The minimum Gasteiger partial charge on any atom is -0.444 e. The molecule has 0 fully saturated rings. The zero-order valence-electron chi connectivity index (χ0n) is 11.6. The molecule has 0 bridgehead atoms. The fraction of sp³-hybridized carbons (Fsp3) is 0.462. The van der Waals surface area contributed by atoms with Gasteiger partial charge < -0.3 is 9.84 Å². The van der Waals surface area contributed by atoms with Crippen LogP contribution in [0.2, 0.25) is 5.02 Å². The highest BCUT2D eigenvalue weighted by Gasteiger charge is 2.39. The standard InChI is InChI=1S/C13H15ClF3NO3/c1-12(2,3)21-11(20)18-9-5-4-7(6-8(9)14)10(19)13(15,16)17/h4-6,10,19H,1-3H3,(H,18,20). The summed E-state index contributed by atoms with van der Waals surface area (Å²) in [6, 6.07) is 3.12. The number of hydrogen-bond donors (Lipinski definition) is 2. The minimum atomic E-state index is -4.79. The van der Waals surface area contributed by atoms with Crippen LogP contribution in [0.1, 0.15) is 32.4 Å². The third-order valence-electron chi connectivity index (χ3n) is 2.25. The number of ether oxygens (including phenoxy) is 1. The first kappa shape index (κ1) is 17.6. The van der Waals surface area contributed by atoms with Gasteiger partial charge in [0.1, 0.15) is 5.60 Å². The van der Waals surface area contributed by atoms with E-state index < -0.39 is 29.5 Å². The first-order valence-electron chi connectivity index (χ1n) is 5.94. The van der Waals surface area contributed by atoms with Crippen molar-refractivity contribution in [2.45, 2.75) is 38.7 Å². The minimum absolute atomic E-state index is 0.0871. The maximum Gasteiger partial charge on any atom is 0.418 e. The molecule has 2 N–H and O–H groups in total. The first-order valence-corrected chi connectivity index (χ1v) is 6.32. The summed E-state index contributed by atoms with van der Waals surface area (Å²) >= 11 is 5.79. The van der Waals surface area contributed by atoms with Crippen LogP contribution in [0, 0.1) is 0 Å². The summed E-state index contributed by atoms with van der Waals surface area (Å²) in [5, 5.41) is 11.3. The van der Waals surface area contributed by atoms with Gasteiger partial charge in [-0.15, -0.1) is 0 Å². The number of carbonyl (C=O) groups is 1. The van der Waals surface area contributed by atoms with Crippen molar-refractivity contribution in [3.05, 3.63) is 28.8 Å². The Bertz CT molecular complexity index is 526. The molecule has 0 saturated heterocycles. The van der Waals surface area contributed by atoms with E-state index in [1.165, 1.54) is 0 Å². The zero-order chi connectivity index (χ0) is 16.4. The number of halogens is 4. The van der Waals surface area contributed by atoms with E-state index in [4.69, 9.17) is 21.4 Å². The average molecular weight is 326 g/mol. The van der Waals surface area contributed by atoms with Crippen LogP contribution in [0.5, 0.6) is 0 Å². The van der Waals surface area contributed by atoms with Crippen molar-refractivity contribution in [2.24, 2.45) is 0 Å². The van der Waals surface area contributed by atoms with Crippen LogP contribution < -0.4 is 5.32 Å². The number of aliphatic hydroxyl groups excluding tert-OH is 1. The van der Waals surface area contributed by atoms with Gasteiger partial charge in [0.15, 0.2) is 6.10 Å². The smallest absolute Gasteiger partial charge is 0.418 e. The number of benzene rings is 1. The third-order valence-corrected chi connectivity index (χ3v) is 2.57. The summed E-state index contributed by atoms with van der Waals surface area (Å²) in [4.78, 5) is 11.5. The maximum atomic E-state index is 12.4. The molecule has 21 heavy (non-hydrogen) atoms. The van der Waals surface area contributed by atoms with Crippen molar-refractivity contribution in [3.63, 3.8) is 0 Å². The van der Waals surface area contributed by atoms with E-state index in [1.807, 2.05) is 0 Å². The molecule has 4 nitrogen and oxygen atoms in total. The lowest BCUT2D eigenvalue weighted by atomic mass is 10.1. The molecule has 1 atom stereocenters. The molecule has 0 heterocycles. The van der Waals surface area contributed by atoms with Gasteiger partial charge >= 0.3 is 12.3 Å². The molecular formula is C13H15ClF3NO3. The van der Waals surface area contributed by atoms with Gasteiger partial charge in [0.05, 0.1) is 10.7 Å². The predicted molar refractivity (Wildman–Crippen MR) is 72.3 cm³/mol. The molecule has 1 rings (SSSR count). The number of aliphatic hydroxyl groups is 1. The van der Waals surface area contributed by atoms with Crippen molar-refractivity contribution >= 4 is 23.4 Å². The Morgan fingerprint density at radius 3 is 2.33 bits per heavy atom. The van der Waals surface area contributed by atoms with E-state index in [0.29, 0.717) is 0 Å². The van der Waals surface area contributed by atoms with E-state index in [2.05, 4.69) is 5.32 Å². The van der Waals surface area contributed by atoms with Gasteiger partial charge in [-0.1, -0.05) is 17.7 Å². The van der Waals surface area contributed by atoms with E-state index >= 15 is 0 Å². The van der Waals surface area contributed by atoms with Gasteiger partial charge in [0.2, 0.25) is 0 Å². The number of hydrogen-bond acceptors (Lipinski definition) is 3. The molecule has 8 heteroatoms. The highest BCUT2D eigenvalue weighted by atomic mass is 35.5. The van der Waals surface area contributed by atoms with Gasteiger partial charge in [-0.25, -0.2) is 4.79 Å². The second-order valence-electron chi connectivity index (χ2n) is 5.31. The fourth-order valence-electron chi connectivity index (χ4n) is 1.41. The van der Waals surface area contributed by atoms with Crippen LogP contribution in [0.25, 0.3) is 0 Å². The largest absolute Gasteiger partial charge is 0.444 e. The summed E-state index contributed by atoms with van der Waals surface area (Å²) in [6.07, 6.45) is -8.21. The summed E-state index contributed by atoms with van der Waals surface area (Å²) in [7, 11) is 0. The van der Waals surface area contributed by atoms with Gasteiger partial charge in [-0.2, -0.15) is 13.2 Å². The Morgan fingerprint density at radius 1 is 1.33 bits per heavy atom. The van der Waals surface area contributed by atoms with Crippen LogP contribution in [-0.4, -0.2) is 23.0 Å². The molecule has 1 aromatic carbocycles. The second kappa shape index (κ2) is 6.11. The lowest BCUT2D eigenvalue weighted by Gasteiger charge is -2.20. The molecule has 1 unspecified atom stereocenters. The van der Waals surface area contributed by atoms with Crippen molar-refractivity contribution in [1.82, 2.24) is 0 Å². The van der Waals surface area contributed by atoms with Crippen LogP contribution >= 0.6 is 11.6 Å². The fourth-order valence-corrected chi connectivity index (χ4v) is 1.64. The summed E-state index contributed by atoms with van der Waals surface area (Å²) < 4.78 is 42.1. The molecule has 1 aromatic rings. The Kier molecular flexibility index (Phi) is 5.11. The number of alkyl halides is 3. The van der Waals surface area contributed by atoms with E-state index in [1.54, 1.807) is 20.8 Å². The topological polar surface area (TPSA) is 58.6 Å². The number of carbonyl (C=O) groups excluding carboxylic acids is 1. The Labute approximate surface area is 124 Å². The molecule has 0 aromatic heterocycles. The Balaban J connectivity index is 2.87. The molecule has 1 amide bonds. The first-order chi connectivity index (χ1) is 9.40. The highest BCUT2D eigenvalue weighted by Crippen LogP contribution is 2.35. The highest BCUT2D eigenvalue weighted by molar-refractivity contribution is 6.33. The van der Waals surface area contributed by atoms with Crippen molar-refractivity contribution in [1.29, 1.82) is 0 Å². The second-order valence-corrected chi connectivity index (χ2v) is 5.72. The monoisotopic (exact) mass is 325 g/mol. The number of rotatable bonds is 2. The van der Waals surface area contributed by atoms with Crippen molar-refractivity contribution in [2.75, 3.05) is 5.32 Å². The molecule has 0 saturated carbocycles. The van der Waals surface area contributed by atoms with Crippen molar-refractivity contribution in [3.8, 4) is 0 Å². The van der Waals surface area contributed by atoms with Gasteiger partial charge in [0, 0.05) is 0 Å². The zero-order valence-corrected chi connectivity index (χ0v) is 12.3. The Hall–Kier alpha value is -1.47. The quantitative estimate of drug-likeness (QED) is 0.853. The van der Waals surface area contributed by atoms with E-state index in [-0.39, 0.29) is 10.7 Å². The van der Waals surface area contributed by atoms with Gasteiger partial charge in [-0.05, 0) is 38.5 Å². The van der Waals surface area contributed by atoms with Crippen LogP contribution in [0.3, 0.4) is 0 Å². The molecule has 0 aliphatic rings. The third kappa shape index (κ3) is 5.43. The summed E-state index contributed by atoms with van der Waals surface area (Å²) in [6.45, 7) is 4.99. The predicted octanol–water partition coefficient (Wildman–Crippen LogP) is 4.28. The summed E-state index contributed by atoms with van der Waals surface area (Å²) in [5.41, 5.74) is -1.05. The molecule has 0 aliphatic carbocycles. The van der Waals surface area contributed by atoms with Crippen LogP contribution in [0.15, 0.2) is 18.2 Å². The molecule has 118 valence electrons. The molecule has 0 radical (unpaired) electrons. The number of anilines is 1.